The Morgan fingerprint density at radius 3 is 2.41 bits per heavy atom. The number of anilines is 2. The van der Waals surface area contributed by atoms with Crippen LogP contribution in [0.2, 0.25) is 0 Å². The summed E-state index contributed by atoms with van der Waals surface area (Å²) in [6.07, 6.45) is -6.27. The lowest BCUT2D eigenvalue weighted by molar-refractivity contribution is -0.161. The van der Waals surface area contributed by atoms with E-state index in [0.717, 1.165) is 17.1 Å². The van der Waals surface area contributed by atoms with Crippen LogP contribution in [-0.4, -0.2) is 134 Å². The molecule has 25 nitrogen and oxygen atoms in total. The van der Waals surface area contributed by atoms with Crippen LogP contribution in [0.5, 0.6) is 0 Å². The molecule has 2 saturated heterocycles. The van der Waals surface area contributed by atoms with E-state index in [1.807, 2.05) is 13.8 Å². The van der Waals surface area contributed by atoms with Gasteiger partial charge in [-0.2, -0.15) is 4.98 Å². The SMILES string of the molecule is C=CCCC(=O)N[C@@H](COCCC(C)C)C(=O)O[C@H]1[C@@H](O)[C@H](n2cnc3c(N)ncnc32)O[C@@H]1COP(=O)(O)[C@H]1[C@@H](O)[C@H](n2ccc(N)nc2=O)O[C@@H]1COP(=O)(O)O. The van der Waals surface area contributed by atoms with E-state index in [0.29, 0.717) is 12.8 Å². The number of fused-ring (bicyclic) bond motifs is 1. The third-order valence-electron chi connectivity index (χ3n) is 9.21. The van der Waals surface area contributed by atoms with Crippen LogP contribution in [0.1, 0.15) is 45.6 Å². The average molecular weight is 876 g/mol. The monoisotopic (exact) mass is 875 g/mol. The van der Waals surface area contributed by atoms with Gasteiger partial charge in [-0.25, -0.2) is 29.1 Å². The van der Waals surface area contributed by atoms with Crippen molar-refractivity contribution in [3.63, 3.8) is 0 Å². The van der Waals surface area contributed by atoms with Crippen LogP contribution in [0.4, 0.5) is 11.6 Å². The van der Waals surface area contributed by atoms with E-state index in [2.05, 4.69) is 36.4 Å². The van der Waals surface area contributed by atoms with Crippen molar-refractivity contribution in [2.75, 3.05) is 37.9 Å². The number of allylic oxidation sites excluding steroid dienone is 1. The van der Waals surface area contributed by atoms with Gasteiger partial charge in [-0.05, 0) is 24.8 Å². The van der Waals surface area contributed by atoms with E-state index in [-0.39, 0.29) is 48.4 Å². The number of aliphatic hydroxyl groups is 2. The summed E-state index contributed by atoms with van der Waals surface area (Å²) in [5.41, 5.74) is 8.62. The highest BCUT2D eigenvalue weighted by molar-refractivity contribution is 7.53. The number of aromatic nitrogens is 6. The number of hydrogen-bond acceptors (Lipinski definition) is 19. The van der Waals surface area contributed by atoms with E-state index in [1.165, 1.54) is 23.0 Å². The summed E-state index contributed by atoms with van der Waals surface area (Å²) < 4.78 is 60.7. The van der Waals surface area contributed by atoms with Gasteiger partial charge in [0.2, 0.25) is 5.91 Å². The maximum Gasteiger partial charge on any atom is 0.469 e. The molecular formula is C32H47N9O16P2. The molecule has 5 rings (SSSR count). The number of carbonyl (C=O) groups is 2. The Morgan fingerprint density at radius 2 is 1.73 bits per heavy atom. The first-order valence-electron chi connectivity index (χ1n) is 18.1. The summed E-state index contributed by atoms with van der Waals surface area (Å²) in [5, 5.41) is 25.5. The normalized spacial score (nSPS) is 26.2. The molecule has 10 atom stereocenters. The standard InChI is InChI=1S/C32H47N9O16P2/c1-4-5-6-21(42)38-17(11-52-10-8-16(2)3)31(45)57-25-18(55-29(23(25)43)41-15-37-22-27(34)35-14-36-28(22)41)12-53-58(47,48)26-19(13-54-59(49,50)51)56-30(24(26)44)40-9-7-20(33)39-32(40)46/h4,7,9,14-19,23-26,29-30,43-44H,1,5-6,8,10-13H2,2-3H3,(H,38,42)(H,47,48)(H2,33,39,46)(H2,34,35,36)(H2,49,50,51)/t17-,18+,19+,23+,24+,25+,26+,29+,30+/m0/s1. The van der Waals surface area contributed by atoms with Gasteiger partial charge in [-0.1, -0.05) is 19.9 Å². The van der Waals surface area contributed by atoms with E-state index in [1.54, 1.807) is 0 Å². The van der Waals surface area contributed by atoms with Gasteiger partial charge in [0.05, 0.1) is 26.1 Å². The van der Waals surface area contributed by atoms with Gasteiger partial charge in [0.15, 0.2) is 36.1 Å². The number of carbonyl (C=O) groups excluding carboxylic acids is 2. The summed E-state index contributed by atoms with van der Waals surface area (Å²) in [4.78, 5) is 84.9. The topological polar surface area (TPSA) is 367 Å². The Bertz CT molecular complexity index is 2120. The number of nitrogen functional groups attached to an aromatic ring is 2. The fourth-order valence-corrected chi connectivity index (χ4v) is 8.23. The van der Waals surface area contributed by atoms with Crippen molar-refractivity contribution in [1.82, 2.24) is 34.4 Å². The van der Waals surface area contributed by atoms with Crippen molar-refractivity contribution in [2.45, 2.75) is 87.8 Å². The molecule has 3 aromatic heterocycles. The zero-order valence-electron chi connectivity index (χ0n) is 31.8. The van der Waals surface area contributed by atoms with Crippen LogP contribution in [0.3, 0.4) is 0 Å². The number of esters is 1. The summed E-state index contributed by atoms with van der Waals surface area (Å²) in [6, 6.07) is -0.220. The third-order valence-corrected chi connectivity index (χ3v) is 11.6. The summed E-state index contributed by atoms with van der Waals surface area (Å²) in [7, 11) is -10.5. The van der Waals surface area contributed by atoms with Crippen molar-refractivity contribution in [1.29, 1.82) is 0 Å². The summed E-state index contributed by atoms with van der Waals surface area (Å²) >= 11 is 0. The lowest BCUT2D eigenvalue weighted by Crippen LogP contribution is -2.48. The molecule has 0 spiro atoms. The van der Waals surface area contributed by atoms with Gasteiger partial charge >= 0.3 is 27.1 Å². The second kappa shape index (κ2) is 19.4. The molecular weight excluding hydrogens is 828 g/mol. The minimum absolute atomic E-state index is 0.0113. The number of imidazole rings is 1. The number of rotatable bonds is 20. The molecule has 2 aliphatic rings. The molecule has 1 amide bonds. The first kappa shape index (κ1) is 45.8. The Hall–Kier alpha value is -4.23. The molecule has 0 aliphatic carbocycles. The molecule has 59 heavy (non-hydrogen) atoms. The van der Waals surface area contributed by atoms with Crippen LogP contribution < -0.4 is 22.5 Å². The number of phosphoric acid groups is 1. The highest BCUT2D eigenvalue weighted by Gasteiger charge is 2.56. The predicted molar refractivity (Wildman–Crippen MR) is 202 cm³/mol. The molecule has 1 unspecified atom stereocenters. The molecule has 27 heteroatoms. The van der Waals surface area contributed by atoms with Crippen LogP contribution in [-0.2, 0) is 46.7 Å². The Balaban J connectivity index is 1.43. The minimum Gasteiger partial charge on any atom is -0.455 e. The predicted octanol–water partition coefficient (Wildman–Crippen LogP) is -1.13. The maximum atomic E-state index is 14.1. The van der Waals surface area contributed by atoms with Gasteiger partial charge in [0, 0.05) is 19.2 Å². The molecule has 326 valence electrons. The Labute approximate surface area is 335 Å². The Kier molecular flexibility index (Phi) is 15.1. The molecule has 2 fully saturated rings. The second-order valence-electron chi connectivity index (χ2n) is 14.0. The number of hydrogen-bond donors (Lipinski definition) is 8. The van der Waals surface area contributed by atoms with Crippen molar-refractivity contribution in [3.8, 4) is 0 Å². The highest BCUT2D eigenvalue weighted by Crippen LogP contribution is 2.56. The zero-order valence-corrected chi connectivity index (χ0v) is 33.6. The number of nitrogens with zero attached hydrogens (tertiary/aromatic N) is 6. The number of phosphoric ester groups is 1. The molecule has 0 aromatic carbocycles. The van der Waals surface area contributed by atoms with Gasteiger partial charge in [-0.15, -0.1) is 6.58 Å². The quantitative estimate of drug-likeness (QED) is 0.0288. The lowest BCUT2D eigenvalue weighted by atomic mass is 10.1. The average Bonchev–Trinajstić information content (AvgIpc) is 3.83. The number of nitrogens with one attached hydrogen (secondary N) is 1. The zero-order chi connectivity index (χ0) is 43.2. The fourth-order valence-electron chi connectivity index (χ4n) is 6.25. The van der Waals surface area contributed by atoms with Gasteiger partial charge in [0.1, 0.15) is 47.7 Å². The van der Waals surface area contributed by atoms with Crippen LogP contribution >= 0.6 is 15.4 Å². The summed E-state index contributed by atoms with van der Waals surface area (Å²) in [5.74, 6) is -1.55. The number of ether oxygens (including phenoxy) is 4. The highest BCUT2D eigenvalue weighted by atomic mass is 31.2. The van der Waals surface area contributed by atoms with E-state index in [4.69, 9.17) is 34.9 Å². The molecule has 0 saturated carbocycles. The molecule has 2 aliphatic heterocycles. The molecule has 10 N–H and O–H groups in total. The van der Waals surface area contributed by atoms with E-state index >= 15 is 0 Å². The van der Waals surface area contributed by atoms with Gasteiger partial charge in [0.25, 0.3) is 0 Å². The van der Waals surface area contributed by atoms with Crippen molar-refractivity contribution in [3.05, 3.63) is 48.1 Å². The van der Waals surface area contributed by atoms with Crippen LogP contribution in [0, 0.1) is 5.92 Å². The maximum absolute atomic E-state index is 14.1. The van der Waals surface area contributed by atoms with E-state index < -0.39 is 101 Å². The van der Waals surface area contributed by atoms with E-state index in [9.17, 15) is 48.4 Å². The van der Waals surface area contributed by atoms with Crippen molar-refractivity contribution < 1.29 is 71.6 Å². The molecule has 5 heterocycles. The second-order valence-corrected chi connectivity index (χ2v) is 17.2. The largest absolute Gasteiger partial charge is 0.469 e. The fraction of sp³-hybridized carbons (Fsp3) is 0.594. The number of amides is 1. The van der Waals surface area contributed by atoms with Crippen molar-refractivity contribution >= 4 is 50.1 Å². The number of nitrogens with two attached hydrogens (primary N) is 2. The Morgan fingerprint density at radius 1 is 1.03 bits per heavy atom. The van der Waals surface area contributed by atoms with Crippen LogP contribution in [0.25, 0.3) is 11.2 Å². The van der Waals surface area contributed by atoms with Gasteiger partial charge < -0.3 is 65.1 Å². The number of aliphatic hydroxyl groups excluding tert-OH is 2. The molecule has 0 radical (unpaired) electrons. The minimum atomic E-state index is -5.26. The molecule has 3 aromatic rings. The van der Waals surface area contributed by atoms with Crippen molar-refractivity contribution in [2.24, 2.45) is 5.92 Å². The first-order valence-corrected chi connectivity index (χ1v) is 21.3. The smallest absolute Gasteiger partial charge is 0.455 e. The van der Waals surface area contributed by atoms with Crippen LogP contribution in [0.15, 0.2) is 42.4 Å². The van der Waals surface area contributed by atoms with Gasteiger partial charge in [-0.3, -0.25) is 23.0 Å². The third kappa shape index (κ3) is 11.3. The lowest BCUT2D eigenvalue weighted by Gasteiger charge is -2.27. The summed E-state index contributed by atoms with van der Waals surface area (Å²) in [6.45, 7) is 5.42. The first-order chi connectivity index (χ1) is 27.8. The molecule has 0 bridgehead atoms.